The Labute approximate surface area is 180 Å². The van der Waals surface area contributed by atoms with Crippen LogP contribution in [0.1, 0.15) is 30.1 Å². The summed E-state index contributed by atoms with van der Waals surface area (Å²) in [7, 11) is 1.87. The van der Waals surface area contributed by atoms with E-state index in [2.05, 4.69) is 30.1 Å². The zero-order valence-electron chi connectivity index (χ0n) is 17.6. The molecule has 3 aromatic rings. The number of aryl methyl sites for hydroxylation is 2. The Hall–Kier alpha value is -2.65. The Morgan fingerprint density at radius 2 is 1.87 bits per heavy atom. The number of hydrogen-bond acceptors (Lipinski definition) is 6. The molecule has 0 unspecified atom stereocenters. The lowest BCUT2D eigenvalue weighted by Crippen LogP contribution is -2.21. The number of likely N-dealkylation sites (tertiary alicyclic amines) is 1. The van der Waals surface area contributed by atoms with Crippen molar-refractivity contribution in [2.45, 2.75) is 38.4 Å². The molecule has 30 heavy (non-hydrogen) atoms. The molecule has 158 valence electrons. The van der Waals surface area contributed by atoms with Gasteiger partial charge in [0.05, 0.1) is 29.4 Å². The molecule has 9 heteroatoms. The lowest BCUT2D eigenvalue weighted by atomic mass is 10.3. The summed E-state index contributed by atoms with van der Waals surface area (Å²) in [5.41, 5.74) is 3.54. The van der Waals surface area contributed by atoms with Crippen LogP contribution in [0.5, 0.6) is 0 Å². The van der Waals surface area contributed by atoms with Crippen molar-refractivity contribution >= 4 is 23.4 Å². The van der Waals surface area contributed by atoms with Gasteiger partial charge in [-0.15, -0.1) is 10.2 Å². The number of nitrogens with one attached hydrogen (secondary N) is 1. The third kappa shape index (κ3) is 4.41. The molecule has 1 aliphatic rings. The van der Waals surface area contributed by atoms with E-state index in [4.69, 9.17) is 0 Å². The number of hydrogen-bond donors (Lipinski definition) is 1. The van der Waals surface area contributed by atoms with E-state index in [-0.39, 0.29) is 11.7 Å². The van der Waals surface area contributed by atoms with Gasteiger partial charge in [-0.3, -0.25) is 18.9 Å². The highest BCUT2D eigenvalue weighted by atomic mass is 32.2. The van der Waals surface area contributed by atoms with Gasteiger partial charge >= 0.3 is 0 Å². The van der Waals surface area contributed by atoms with E-state index in [1.807, 2.05) is 51.2 Å². The average molecular weight is 426 g/mol. The van der Waals surface area contributed by atoms with Gasteiger partial charge in [-0.05, 0) is 51.9 Å². The molecule has 8 nitrogen and oxygen atoms in total. The van der Waals surface area contributed by atoms with Crippen LogP contribution in [0.3, 0.4) is 0 Å². The van der Waals surface area contributed by atoms with Crippen LogP contribution in [0.15, 0.2) is 35.5 Å². The van der Waals surface area contributed by atoms with Gasteiger partial charge in [-0.1, -0.05) is 30.0 Å². The van der Waals surface area contributed by atoms with Crippen LogP contribution >= 0.6 is 11.8 Å². The number of benzene rings is 1. The first kappa shape index (κ1) is 20.6. The second-order valence-electron chi connectivity index (χ2n) is 7.56. The van der Waals surface area contributed by atoms with Crippen molar-refractivity contribution in [3.63, 3.8) is 0 Å². The first-order chi connectivity index (χ1) is 14.5. The van der Waals surface area contributed by atoms with Crippen LogP contribution in [0.4, 0.5) is 5.69 Å². The minimum Gasteiger partial charge on any atom is -0.322 e. The van der Waals surface area contributed by atoms with Crippen LogP contribution in [0.25, 0.3) is 5.69 Å². The van der Waals surface area contributed by atoms with E-state index < -0.39 is 0 Å². The molecular formula is C21H27N7OS. The minimum absolute atomic E-state index is 0.0806. The summed E-state index contributed by atoms with van der Waals surface area (Å²) in [6.07, 6.45) is 2.46. The fourth-order valence-corrected chi connectivity index (χ4v) is 4.50. The van der Waals surface area contributed by atoms with Gasteiger partial charge in [0.2, 0.25) is 5.91 Å². The lowest BCUT2D eigenvalue weighted by Gasteiger charge is -2.16. The van der Waals surface area contributed by atoms with Crippen molar-refractivity contribution < 1.29 is 4.79 Å². The highest BCUT2D eigenvalue weighted by Gasteiger charge is 2.20. The Bertz CT molecular complexity index is 1020. The zero-order chi connectivity index (χ0) is 21.1. The molecule has 1 aliphatic heterocycles. The number of nitrogens with zero attached hydrogens (tertiary/aromatic N) is 6. The second kappa shape index (κ2) is 9.01. The number of aromatic nitrogens is 5. The van der Waals surface area contributed by atoms with Gasteiger partial charge in [-0.2, -0.15) is 5.10 Å². The molecule has 0 bridgehead atoms. The monoisotopic (exact) mass is 425 g/mol. The highest BCUT2D eigenvalue weighted by Crippen LogP contribution is 2.25. The second-order valence-corrected chi connectivity index (χ2v) is 8.50. The molecule has 0 spiro atoms. The molecule has 0 atom stereocenters. The Morgan fingerprint density at radius 1 is 1.13 bits per heavy atom. The predicted molar refractivity (Wildman–Crippen MR) is 118 cm³/mol. The topological polar surface area (TPSA) is 80.9 Å². The van der Waals surface area contributed by atoms with Crippen LogP contribution in [0, 0.1) is 13.8 Å². The molecule has 1 saturated heterocycles. The van der Waals surface area contributed by atoms with Gasteiger partial charge in [-0.25, -0.2) is 0 Å². The Morgan fingerprint density at radius 3 is 2.53 bits per heavy atom. The molecule has 2 aromatic heterocycles. The average Bonchev–Trinajstić information content (AvgIpc) is 3.45. The highest BCUT2D eigenvalue weighted by molar-refractivity contribution is 7.99. The van der Waals surface area contributed by atoms with Gasteiger partial charge in [0.15, 0.2) is 11.0 Å². The van der Waals surface area contributed by atoms with Gasteiger partial charge in [0.1, 0.15) is 0 Å². The normalized spacial score (nSPS) is 14.4. The SMILES string of the molecule is Cc1nn(C)c(C)c1NC(=O)CSc1nnc(CN2CCCC2)n1-c1ccccc1. The molecule has 0 aliphatic carbocycles. The number of anilines is 1. The molecule has 1 amide bonds. The van der Waals surface area contributed by atoms with Crippen LogP contribution in [0.2, 0.25) is 0 Å². The first-order valence-electron chi connectivity index (χ1n) is 10.2. The molecular weight excluding hydrogens is 398 g/mol. The largest absolute Gasteiger partial charge is 0.322 e. The summed E-state index contributed by atoms with van der Waals surface area (Å²) in [6, 6.07) is 10.1. The van der Waals surface area contributed by atoms with Crippen molar-refractivity contribution in [1.82, 2.24) is 29.4 Å². The fourth-order valence-electron chi connectivity index (χ4n) is 3.73. The van der Waals surface area contributed by atoms with E-state index >= 15 is 0 Å². The molecule has 1 aromatic carbocycles. The predicted octanol–water partition coefficient (Wildman–Crippen LogP) is 2.94. The summed E-state index contributed by atoms with van der Waals surface area (Å²) in [5.74, 6) is 1.08. The fraction of sp³-hybridized carbons (Fsp3) is 0.429. The van der Waals surface area contributed by atoms with Crippen LogP contribution in [-0.4, -0.2) is 54.2 Å². The number of rotatable bonds is 7. The third-order valence-electron chi connectivity index (χ3n) is 5.38. The minimum atomic E-state index is -0.0806. The molecule has 0 radical (unpaired) electrons. The number of thioether (sulfide) groups is 1. The lowest BCUT2D eigenvalue weighted by molar-refractivity contribution is -0.113. The first-order valence-corrected chi connectivity index (χ1v) is 11.2. The Kier molecular flexibility index (Phi) is 6.19. The summed E-state index contributed by atoms with van der Waals surface area (Å²) in [6.45, 7) is 6.79. The quantitative estimate of drug-likeness (QED) is 0.586. The third-order valence-corrected chi connectivity index (χ3v) is 6.31. The number of carbonyl (C=O) groups excluding carboxylic acids is 1. The molecule has 3 heterocycles. The van der Waals surface area contributed by atoms with E-state index in [1.165, 1.54) is 24.6 Å². The van der Waals surface area contributed by atoms with Crippen molar-refractivity contribution in [1.29, 1.82) is 0 Å². The molecule has 1 N–H and O–H groups in total. The summed E-state index contributed by atoms with van der Waals surface area (Å²) < 4.78 is 3.84. The van der Waals surface area contributed by atoms with Gasteiger partial charge in [0.25, 0.3) is 0 Å². The summed E-state index contributed by atoms with van der Waals surface area (Å²) in [4.78, 5) is 15.0. The maximum Gasteiger partial charge on any atom is 0.234 e. The zero-order valence-corrected chi connectivity index (χ0v) is 18.4. The summed E-state index contributed by atoms with van der Waals surface area (Å²) in [5, 5.41) is 16.9. The summed E-state index contributed by atoms with van der Waals surface area (Å²) >= 11 is 1.40. The van der Waals surface area contributed by atoms with Crippen molar-refractivity contribution in [3.8, 4) is 5.69 Å². The smallest absolute Gasteiger partial charge is 0.234 e. The van der Waals surface area contributed by atoms with Gasteiger partial charge in [0, 0.05) is 12.7 Å². The van der Waals surface area contributed by atoms with E-state index in [0.29, 0.717) is 0 Å². The van der Waals surface area contributed by atoms with Gasteiger partial charge < -0.3 is 5.32 Å². The maximum atomic E-state index is 12.6. The van der Waals surface area contributed by atoms with Crippen molar-refractivity contribution in [2.75, 3.05) is 24.2 Å². The number of para-hydroxylation sites is 1. The van der Waals surface area contributed by atoms with Crippen LogP contribution < -0.4 is 5.32 Å². The van der Waals surface area contributed by atoms with Crippen LogP contribution in [-0.2, 0) is 18.4 Å². The Balaban J connectivity index is 1.50. The number of amides is 1. The number of carbonyl (C=O) groups is 1. The van der Waals surface area contributed by atoms with Crippen molar-refractivity contribution in [2.24, 2.45) is 7.05 Å². The maximum absolute atomic E-state index is 12.6. The van der Waals surface area contributed by atoms with E-state index in [1.54, 1.807) is 4.68 Å². The molecule has 1 fully saturated rings. The standard InChI is InChI=1S/C21H27N7OS/c1-15-20(16(2)26(3)25-15)22-19(29)14-30-21-24-23-18(13-27-11-7-8-12-27)28(21)17-9-5-4-6-10-17/h4-6,9-10H,7-8,11-14H2,1-3H3,(H,22,29). The molecule has 4 rings (SSSR count). The van der Waals surface area contributed by atoms with E-state index in [9.17, 15) is 4.79 Å². The van der Waals surface area contributed by atoms with Crippen molar-refractivity contribution in [3.05, 3.63) is 47.5 Å². The van der Waals surface area contributed by atoms with E-state index in [0.717, 1.165) is 53.4 Å². The molecule has 0 saturated carbocycles.